The SMILES string of the molecule is CC1=C(C(=O)Nc2ccccc2)[C@H](c2ccncc2)C(C#N)=C(SCc2ccccc2)N1. The molecule has 3 aromatic rings. The van der Waals surface area contributed by atoms with Gasteiger partial charge in [-0.25, -0.2) is 0 Å². The highest BCUT2D eigenvalue weighted by Gasteiger charge is 2.34. The number of nitrogens with zero attached hydrogens (tertiary/aromatic N) is 2. The van der Waals surface area contributed by atoms with Crippen LogP contribution >= 0.6 is 11.8 Å². The summed E-state index contributed by atoms with van der Waals surface area (Å²) in [6.45, 7) is 1.88. The lowest BCUT2D eigenvalue weighted by molar-refractivity contribution is -0.113. The molecule has 1 aromatic heterocycles. The molecule has 2 aromatic carbocycles. The van der Waals surface area contributed by atoms with Gasteiger partial charge in [0.1, 0.15) is 0 Å². The molecule has 1 amide bonds. The van der Waals surface area contributed by atoms with E-state index in [1.54, 1.807) is 24.2 Å². The molecule has 0 spiro atoms. The number of aromatic nitrogens is 1. The lowest BCUT2D eigenvalue weighted by atomic mass is 9.82. The Bertz CT molecular complexity index is 1200. The summed E-state index contributed by atoms with van der Waals surface area (Å²) >= 11 is 1.57. The molecule has 2 N–H and O–H groups in total. The van der Waals surface area contributed by atoms with Crippen molar-refractivity contribution < 1.29 is 4.79 Å². The Balaban J connectivity index is 1.70. The van der Waals surface area contributed by atoms with E-state index in [1.807, 2.05) is 67.6 Å². The van der Waals surface area contributed by atoms with Gasteiger partial charge in [0.25, 0.3) is 5.91 Å². The molecule has 4 rings (SSSR count). The Morgan fingerprint density at radius 2 is 1.72 bits per heavy atom. The summed E-state index contributed by atoms with van der Waals surface area (Å²) in [5, 5.41) is 17.2. The van der Waals surface area contributed by atoms with Crippen LogP contribution in [0.4, 0.5) is 5.69 Å². The second-order valence-electron chi connectivity index (χ2n) is 7.33. The molecule has 2 heterocycles. The highest BCUT2D eigenvalue weighted by atomic mass is 32.2. The Morgan fingerprint density at radius 3 is 2.38 bits per heavy atom. The summed E-state index contributed by atoms with van der Waals surface area (Å²) in [6.07, 6.45) is 3.37. The zero-order valence-electron chi connectivity index (χ0n) is 17.6. The Kier molecular flexibility index (Phi) is 6.69. The van der Waals surface area contributed by atoms with Crippen molar-refractivity contribution in [3.05, 3.63) is 118 Å². The topological polar surface area (TPSA) is 77.8 Å². The van der Waals surface area contributed by atoms with Crippen molar-refractivity contribution >= 4 is 23.4 Å². The molecular formula is C26H22N4OS. The maximum atomic E-state index is 13.3. The van der Waals surface area contributed by atoms with Crippen molar-refractivity contribution in [3.63, 3.8) is 0 Å². The first-order chi connectivity index (χ1) is 15.7. The van der Waals surface area contributed by atoms with E-state index in [-0.39, 0.29) is 5.91 Å². The number of nitrogens with one attached hydrogen (secondary N) is 2. The predicted molar refractivity (Wildman–Crippen MR) is 128 cm³/mol. The number of carbonyl (C=O) groups excluding carboxylic acids is 1. The Hall–Kier alpha value is -3.82. The van der Waals surface area contributed by atoms with Crippen molar-refractivity contribution in [2.45, 2.75) is 18.6 Å². The van der Waals surface area contributed by atoms with Crippen molar-refractivity contribution in [1.29, 1.82) is 5.26 Å². The molecule has 6 heteroatoms. The van der Waals surface area contributed by atoms with E-state index in [9.17, 15) is 10.1 Å². The van der Waals surface area contributed by atoms with E-state index in [0.717, 1.165) is 22.0 Å². The number of pyridine rings is 1. The standard InChI is InChI=1S/C26H22N4OS/c1-18-23(25(31)30-21-10-6-3-7-11-21)24(20-12-14-28-15-13-20)22(16-27)26(29-18)32-17-19-8-4-2-5-9-19/h2-15,24,29H,17H2,1H3,(H,30,31)/t24-/m1/s1. The number of anilines is 1. The summed E-state index contributed by atoms with van der Waals surface area (Å²) in [7, 11) is 0. The van der Waals surface area contributed by atoms with Crippen LogP contribution in [0.15, 0.2) is 107 Å². The van der Waals surface area contributed by atoms with Gasteiger partial charge in [-0.15, -0.1) is 11.8 Å². The van der Waals surface area contributed by atoms with Gasteiger partial charge in [0.15, 0.2) is 0 Å². The fourth-order valence-electron chi connectivity index (χ4n) is 3.67. The second-order valence-corrected chi connectivity index (χ2v) is 8.31. The molecule has 1 aliphatic heterocycles. The third-order valence-corrected chi connectivity index (χ3v) is 6.28. The first-order valence-corrected chi connectivity index (χ1v) is 11.2. The summed E-state index contributed by atoms with van der Waals surface area (Å²) in [4.78, 5) is 17.5. The number of allylic oxidation sites excluding steroid dienone is 2. The number of benzene rings is 2. The number of nitriles is 1. The molecule has 0 unspecified atom stereocenters. The van der Waals surface area contributed by atoms with Crippen molar-refractivity contribution in [2.24, 2.45) is 0 Å². The Labute approximate surface area is 191 Å². The van der Waals surface area contributed by atoms with Crippen LogP contribution in [0.2, 0.25) is 0 Å². The third kappa shape index (κ3) is 4.74. The number of para-hydroxylation sites is 1. The van der Waals surface area contributed by atoms with E-state index in [1.165, 1.54) is 5.56 Å². The van der Waals surface area contributed by atoms with Gasteiger partial charge in [0.2, 0.25) is 0 Å². The molecule has 0 bridgehead atoms. The van der Waals surface area contributed by atoms with Crippen LogP contribution in [0.1, 0.15) is 24.0 Å². The quantitative estimate of drug-likeness (QED) is 0.542. The summed E-state index contributed by atoms with van der Waals surface area (Å²) < 4.78 is 0. The van der Waals surface area contributed by atoms with E-state index in [0.29, 0.717) is 16.8 Å². The first-order valence-electron chi connectivity index (χ1n) is 10.2. The summed E-state index contributed by atoms with van der Waals surface area (Å²) in [6, 6.07) is 25.5. The fraction of sp³-hybridized carbons (Fsp3) is 0.115. The number of rotatable bonds is 6. The molecule has 0 radical (unpaired) electrons. The number of hydrogen-bond acceptors (Lipinski definition) is 5. The van der Waals surface area contributed by atoms with Gasteiger partial charge in [-0.2, -0.15) is 5.26 Å². The maximum Gasteiger partial charge on any atom is 0.254 e. The summed E-state index contributed by atoms with van der Waals surface area (Å²) in [5.41, 5.74) is 4.52. The van der Waals surface area contributed by atoms with Crippen LogP contribution in [0.3, 0.4) is 0 Å². The molecule has 5 nitrogen and oxygen atoms in total. The number of dihydropyridines is 1. The normalized spacial score (nSPS) is 15.7. The summed E-state index contributed by atoms with van der Waals surface area (Å²) in [5.74, 6) is 0.00471. The number of hydrogen-bond donors (Lipinski definition) is 2. The van der Waals surface area contributed by atoms with Crippen LogP contribution in [0, 0.1) is 11.3 Å². The largest absolute Gasteiger partial charge is 0.353 e. The minimum absolute atomic E-state index is 0.233. The van der Waals surface area contributed by atoms with Crippen LogP contribution in [0.25, 0.3) is 0 Å². The van der Waals surface area contributed by atoms with Crippen molar-refractivity contribution in [2.75, 3.05) is 5.32 Å². The van der Waals surface area contributed by atoms with E-state index < -0.39 is 5.92 Å². The maximum absolute atomic E-state index is 13.3. The van der Waals surface area contributed by atoms with Gasteiger partial charge >= 0.3 is 0 Å². The first kappa shape index (κ1) is 21.4. The molecule has 0 aliphatic carbocycles. The molecule has 0 saturated carbocycles. The van der Waals surface area contributed by atoms with Crippen molar-refractivity contribution in [1.82, 2.24) is 10.3 Å². The van der Waals surface area contributed by atoms with Gasteiger partial charge in [0.05, 0.1) is 22.6 Å². The minimum atomic E-state index is -0.480. The number of thioether (sulfide) groups is 1. The monoisotopic (exact) mass is 438 g/mol. The van der Waals surface area contributed by atoms with Gasteiger partial charge in [-0.1, -0.05) is 48.5 Å². The van der Waals surface area contributed by atoms with E-state index in [2.05, 4.69) is 33.8 Å². The minimum Gasteiger partial charge on any atom is -0.353 e. The molecule has 32 heavy (non-hydrogen) atoms. The molecule has 0 saturated heterocycles. The van der Waals surface area contributed by atoms with E-state index >= 15 is 0 Å². The Morgan fingerprint density at radius 1 is 1.06 bits per heavy atom. The van der Waals surface area contributed by atoms with Crippen molar-refractivity contribution in [3.8, 4) is 6.07 Å². The molecule has 158 valence electrons. The lowest BCUT2D eigenvalue weighted by Gasteiger charge is -2.30. The molecule has 0 fully saturated rings. The molecular weight excluding hydrogens is 416 g/mol. The van der Waals surface area contributed by atoms with Crippen LogP contribution in [0.5, 0.6) is 0 Å². The smallest absolute Gasteiger partial charge is 0.254 e. The zero-order valence-corrected chi connectivity index (χ0v) is 18.4. The fourth-order valence-corrected chi connectivity index (χ4v) is 4.71. The van der Waals surface area contributed by atoms with E-state index in [4.69, 9.17) is 0 Å². The average molecular weight is 439 g/mol. The predicted octanol–water partition coefficient (Wildman–Crippen LogP) is 5.35. The third-order valence-electron chi connectivity index (χ3n) is 5.19. The average Bonchev–Trinajstić information content (AvgIpc) is 2.84. The lowest BCUT2D eigenvalue weighted by Crippen LogP contribution is -2.30. The highest BCUT2D eigenvalue weighted by Crippen LogP contribution is 2.41. The number of amides is 1. The number of carbonyl (C=O) groups is 1. The molecule has 1 atom stereocenters. The van der Waals surface area contributed by atoms with Crippen LogP contribution in [-0.4, -0.2) is 10.9 Å². The molecule has 1 aliphatic rings. The zero-order chi connectivity index (χ0) is 22.3. The van der Waals surface area contributed by atoms with Gasteiger partial charge in [-0.3, -0.25) is 9.78 Å². The van der Waals surface area contributed by atoms with Gasteiger partial charge in [0, 0.05) is 35.1 Å². The highest BCUT2D eigenvalue weighted by molar-refractivity contribution is 8.02. The van der Waals surface area contributed by atoms with Crippen LogP contribution < -0.4 is 10.6 Å². The van der Waals surface area contributed by atoms with Crippen LogP contribution in [-0.2, 0) is 10.5 Å². The van der Waals surface area contributed by atoms with Gasteiger partial charge < -0.3 is 10.6 Å². The second kappa shape index (κ2) is 9.99. The van der Waals surface area contributed by atoms with Gasteiger partial charge in [-0.05, 0) is 42.3 Å².